The standard InChI is InChI=1S/C13H20ClN3O2S/c1-2-5-16-6-8-17(9-7-16)20(18,19)13-4-3-11(14)10-12(13)15/h3-4,10H,2,5-9,15H2,1H3. The van der Waals surface area contributed by atoms with Gasteiger partial charge in [-0.1, -0.05) is 18.5 Å². The van der Waals surface area contributed by atoms with Gasteiger partial charge in [0.1, 0.15) is 4.90 Å². The van der Waals surface area contributed by atoms with Crippen LogP contribution >= 0.6 is 11.6 Å². The summed E-state index contributed by atoms with van der Waals surface area (Å²) in [7, 11) is -3.52. The lowest BCUT2D eigenvalue weighted by atomic mass is 10.3. The lowest BCUT2D eigenvalue weighted by Gasteiger charge is -2.33. The van der Waals surface area contributed by atoms with Crippen LogP contribution in [0.1, 0.15) is 13.3 Å². The van der Waals surface area contributed by atoms with Crippen molar-refractivity contribution in [3.05, 3.63) is 23.2 Å². The number of benzene rings is 1. The van der Waals surface area contributed by atoms with Crippen molar-refractivity contribution < 1.29 is 8.42 Å². The minimum atomic E-state index is -3.52. The van der Waals surface area contributed by atoms with Crippen molar-refractivity contribution >= 4 is 27.3 Å². The average Bonchev–Trinajstić information content (AvgIpc) is 2.39. The Kier molecular flexibility index (Phi) is 4.90. The third-order valence-corrected chi connectivity index (χ3v) is 5.67. The molecular formula is C13H20ClN3O2S. The molecule has 7 heteroatoms. The maximum atomic E-state index is 12.6. The van der Waals surface area contributed by atoms with Gasteiger partial charge >= 0.3 is 0 Å². The topological polar surface area (TPSA) is 66.6 Å². The van der Waals surface area contributed by atoms with E-state index in [9.17, 15) is 8.42 Å². The van der Waals surface area contributed by atoms with E-state index in [1.54, 1.807) is 6.07 Å². The molecule has 0 aliphatic carbocycles. The summed E-state index contributed by atoms with van der Waals surface area (Å²) < 4.78 is 26.6. The Labute approximate surface area is 125 Å². The maximum absolute atomic E-state index is 12.6. The molecule has 1 fully saturated rings. The van der Waals surface area contributed by atoms with Crippen molar-refractivity contribution in [2.24, 2.45) is 0 Å². The second-order valence-corrected chi connectivity index (χ2v) is 7.27. The van der Waals surface area contributed by atoms with E-state index in [0.29, 0.717) is 18.1 Å². The number of halogens is 1. The van der Waals surface area contributed by atoms with Crippen LogP contribution in [0.3, 0.4) is 0 Å². The Balaban J connectivity index is 2.15. The molecular weight excluding hydrogens is 298 g/mol. The molecule has 1 saturated heterocycles. The molecule has 1 heterocycles. The molecule has 1 aromatic carbocycles. The van der Waals surface area contributed by atoms with Crippen molar-refractivity contribution in [1.29, 1.82) is 0 Å². The molecule has 0 aromatic heterocycles. The van der Waals surface area contributed by atoms with Crippen LogP contribution in [0.5, 0.6) is 0 Å². The Hall–Kier alpha value is -0.820. The summed E-state index contributed by atoms with van der Waals surface area (Å²) in [5.74, 6) is 0. The molecule has 1 aliphatic heterocycles. The van der Waals surface area contributed by atoms with Gasteiger partial charge < -0.3 is 10.6 Å². The highest BCUT2D eigenvalue weighted by Crippen LogP contribution is 2.26. The van der Waals surface area contributed by atoms with Crippen LogP contribution in [0.25, 0.3) is 0 Å². The summed E-state index contributed by atoms with van der Waals surface area (Å²) in [5.41, 5.74) is 5.99. The van der Waals surface area contributed by atoms with E-state index in [2.05, 4.69) is 11.8 Å². The molecule has 0 radical (unpaired) electrons. The summed E-state index contributed by atoms with van der Waals surface area (Å²) in [6.45, 7) is 5.67. The number of nitrogen functional groups attached to an aromatic ring is 1. The summed E-state index contributed by atoms with van der Waals surface area (Å²) in [6, 6.07) is 4.51. The highest BCUT2D eigenvalue weighted by Gasteiger charge is 2.29. The van der Waals surface area contributed by atoms with Gasteiger partial charge in [0, 0.05) is 31.2 Å². The summed E-state index contributed by atoms with van der Waals surface area (Å²) >= 11 is 5.81. The number of anilines is 1. The molecule has 0 unspecified atom stereocenters. The van der Waals surface area contributed by atoms with Crippen LogP contribution < -0.4 is 5.73 Å². The first kappa shape index (κ1) is 15.6. The number of rotatable bonds is 4. The molecule has 1 aliphatic rings. The molecule has 2 rings (SSSR count). The van der Waals surface area contributed by atoms with Crippen molar-refractivity contribution in [2.45, 2.75) is 18.2 Å². The SMILES string of the molecule is CCCN1CCN(S(=O)(=O)c2ccc(Cl)cc2N)CC1. The van der Waals surface area contributed by atoms with E-state index in [-0.39, 0.29) is 10.6 Å². The monoisotopic (exact) mass is 317 g/mol. The average molecular weight is 318 g/mol. The van der Waals surface area contributed by atoms with Crippen LogP contribution in [0.2, 0.25) is 5.02 Å². The number of sulfonamides is 1. The van der Waals surface area contributed by atoms with Gasteiger partial charge in [0.2, 0.25) is 10.0 Å². The number of nitrogens with two attached hydrogens (primary N) is 1. The number of hydrogen-bond acceptors (Lipinski definition) is 4. The highest BCUT2D eigenvalue weighted by atomic mass is 35.5. The first-order valence-electron chi connectivity index (χ1n) is 6.72. The van der Waals surface area contributed by atoms with E-state index in [1.807, 2.05) is 0 Å². The molecule has 0 bridgehead atoms. The smallest absolute Gasteiger partial charge is 0.245 e. The molecule has 112 valence electrons. The molecule has 0 atom stereocenters. The highest BCUT2D eigenvalue weighted by molar-refractivity contribution is 7.89. The van der Waals surface area contributed by atoms with Crippen LogP contribution in [0, 0.1) is 0 Å². The first-order chi connectivity index (χ1) is 9.45. The lowest BCUT2D eigenvalue weighted by molar-refractivity contribution is 0.189. The quantitative estimate of drug-likeness (QED) is 0.857. The van der Waals surface area contributed by atoms with Gasteiger partial charge in [0.15, 0.2) is 0 Å². The predicted molar refractivity (Wildman–Crippen MR) is 81.4 cm³/mol. The fourth-order valence-electron chi connectivity index (χ4n) is 2.40. The van der Waals surface area contributed by atoms with Crippen LogP contribution in [-0.4, -0.2) is 50.3 Å². The zero-order chi connectivity index (χ0) is 14.8. The van der Waals surface area contributed by atoms with E-state index in [1.165, 1.54) is 16.4 Å². The minimum absolute atomic E-state index is 0.144. The van der Waals surface area contributed by atoms with Crippen molar-refractivity contribution in [1.82, 2.24) is 9.21 Å². The predicted octanol–water partition coefficient (Wildman–Crippen LogP) is 1.64. The van der Waals surface area contributed by atoms with Gasteiger partial charge in [-0.05, 0) is 31.2 Å². The van der Waals surface area contributed by atoms with Gasteiger partial charge in [-0.15, -0.1) is 0 Å². The van der Waals surface area contributed by atoms with E-state index >= 15 is 0 Å². The largest absolute Gasteiger partial charge is 0.398 e. The lowest BCUT2D eigenvalue weighted by Crippen LogP contribution is -2.48. The Morgan fingerprint density at radius 1 is 1.25 bits per heavy atom. The Morgan fingerprint density at radius 3 is 2.45 bits per heavy atom. The van der Waals surface area contributed by atoms with E-state index in [4.69, 9.17) is 17.3 Å². The summed E-state index contributed by atoms with van der Waals surface area (Å²) in [5, 5.41) is 0.439. The first-order valence-corrected chi connectivity index (χ1v) is 8.54. The van der Waals surface area contributed by atoms with Gasteiger partial charge in [-0.3, -0.25) is 0 Å². The van der Waals surface area contributed by atoms with Crippen LogP contribution in [0.15, 0.2) is 23.1 Å². The Morgan fingerprint density at radius 2 is 1.90 bits per heavy atom. The van der Waals surface area contributed by atoms with Crippen molar-refractivity contribution in [3.8, 4) is 0 Å². The molecule has 0 amide bonds. The molecule has 20 heavy (non-hydrogen) atoms. The normalized spacial score (nSPS) is 18.3. The molecule has 1 aromatic rings. The molecule has 0 saturated carbocycles. The Bertz CT molecular complexity index is 569. The van der Waals surface area contributed by atoms with Crippen molar-refractivity contribution in [3.63, 3.8) is 0 Å². The maximum Gasteiger partial charge on any atom is 0.245 e. The van der Waals surface area contributed by atoms with Crippen LogP contribution in [-0.2, 0) is 10.0 Å². The van der Waals surface area contributed by atoms with Gasteiger partial charge in [-0.2, -0.15) is 4.31 Å². The summed E-state index contributed by atoms with van der Waals surface area (Å²) in [4.78, 5) is 2.42. The second-order valence-electron chi connectivity index (χ2n) is 4.93. The molecule has 2 N–H and O–H groups in total. The van der Waals surface area contributed by atoms with Gasteiger partial charge in [0.25, 0.3) is 0 Å². The van der Waals surface area contributed by atoms with Gasteiger partial charge in [-0.25, -0.2) is 8.42 Å². The number of nitrogens with zero attached hydrogens (tertiary/aromatic N) is 2. The van der Waals surface area contributed by atoms with E-state index < -0.39 is 10.0 Å². The zero-order valence-electron chi connectivity index (χ0n) is 11.5. The van der Waals surface area contributed by atoms with E-state index in [0.717, 1.165) is 26.1 Å². The third kappa shape index (κ3) is 3.25. The number of piperazine rings is 1. The second kappa shape index (κ2) is 6.30. The van der Waals surface area contributed by atoms with Crippen LogP contribution in [0.4, 0.5) is 5.69 Å². The third-order valence-electron chi connectivity index (χ3n) is 3.46. The number of hydrogen-bond donors (Lipinski definition) is 1. The summed E-state index contributed by atoms with van der Waals surface area (Å²) in [6.07, 6.45) is 1.08. The zero-order valence-corrected chi connectivity index (χ0v) is 13.1. The fraction of sp³-hybridized carbons (Fsp3) is 0.538. The fourth-order valence-corrected chi connectivity index (χ4v) is 4.10. The van der Waals surface area contributed by atoms with Gasteiger partial charge in [0.05, 0.1) is 5.69 Å². The minimum Gasteiger partial charge on any atom is -0.398 e. The van der Waals surface area contributed by atoms with Crippen molar-refractivity contribution in [2.75, 3.05) is 38.5 Å². The molecule has 5 nitrogen and oxygen atoms in total. The molecule has 0 spiro atoms.